The Morgan fingerprint density at radius 2 is 1.78 bits per heavy atom. The molecule has 0 spiro atoms. The van der Waals surface area contributed by atoms with Crippen LogP contribution in [-0.2, 0) is 6.54 Å². The minimum atomic E-state index is -0.242. The van der Waals surface area contributed by atoms with Crippen LogP contribution in [0.1, 0.15) is 5.56 Å². The van der Waals surface area contributed by atoms with Crippen LogP contribution in [0.2, 0.25) is 5.02 Å². The number of rotatable bonds is 5. The molecule has 0 saturated carbocycles. The fourth-order valence-electron chi connectivity index (χ4n) is 2.01. The van der Waals surface area contributed by atoms with Gasteiger partial charge in [0, 0.05) is 29.0 Å². The minimum Gasteiger partial charge on any atom is -0.366 e. The van der Waals surface area contributed by atoms with Crippen molar-refractivity contribution in [2.45, 2.75) is 6.54 Å². The second kappa shape index (κ2) is 7.07. The van der Waals surface area contributed by atoms with Gasteiger partial charge in [0.05, 0.1) is 0 Å². The Hall–Kier alpha value is -2.66. The molecular formula is C17H14ClFN4. The fourth-order valence-corrected chi connectivity index (χ4v) is 2.13. The lowest BCUT2D eigenvalue weighted by molar-refractivity contribution is 0.613. The van der Waals surface area contributed by atoms with E-state index in [4.69, 9.17) is 11.6 Å². The maximum absolute atomic E-state index is 13.6. The molecule has 0 aliphatic rings. The number of aromatic nitrogens is 2. The van der Waals surface area contributed by atoms with Crippen molar-refractivity contribution >= 4 is 29.1 Å². The summed E-state index contributed by atoms with van der Waals surface area (Å²) in [4.78, 5) is 8.51. The number of hydrogen-bond donors (Lipinski definition) is 2. The van der Waals surface area contributed by atoms with Gasteiger partial charge in [-0.15, -0.1) is 0 Å². The van der Waals surface area contributed by atoms with Gasteiger partial charge in [0.25, 0.3) is 0 Å². The zero-order valence-electron chi connectivity index (χ0n) is 12.1. The highest BCUT2D eigenvalue weighted by Gasteiger charge is 2.03. The molecule has 0 fully saturated rings. The predicted molar refractivity (Wildman–Crippen MR) is 90.5 cm³/mol. The summed E-state index contributed by atoms with van der Waals surface area (Å²) in [5, 5.41) is 6.83. The van der Waals surface area contributed by atoms with Gasteiger partial charge < -0.3 is 10.6 Å². The highest BCUT2D eigenvalue weighted by molar-refractivity contribution is 6.30. The normalized spacial score (nSPS) is 10.3. The predicted octanol–water partition coefficient (Wildman–Crippen LogP) is 4.62. The van der Waals surface area contributed by atoms with Crippen LogP contribution in [0.25, 0.3) is 0 Å². The summed E-state index contributed by atoms with van der Waals surface area (Å²) < 4.78 is 13.6. The van der Waals surface area contributed by atoms with Gasteiger partial charge in [0.1, 0.15) is 11.6 Å². The molecule has 0 atom stereocenters. The van der Waals surface area contributed by atoms with Crippen molar-refractivity contribution in [3.05, 3.63) is 77.2 Å². The Balaban J connectivity index is 1.67. The summed E-state index contributed by atoms with van der Waals surface area (Å²) in [5.74, 6) is 0.819. The van der Waals surface area contributed by atoms with E-state index in [1.807, 2.05) is 12.1 Å². The molecule has 4 nitrogen and oxygen atoms in total. The summed E-state index contributed by atoms with van der Waals surface area (Å²) >= 11 is 5.85. The third-order valence-electron chi connectivity index (χ3n) is 3.17. The van der Waals surface area contributed by atoms with Crippen molar-refractivity contribution in [2.75, 3.05) is 10.6 Å². The number of halogens is 2. The Morgan fingerprint density at radius 1 is 1.00 bits per heavy atom. The highest BCUT2D eigenvalue weighted by Crippen LogP contribution is 2.17. The second-order valence-corrected chi connectivity index (χ2v) is 5.28. The Bertz CT molecular complexity index is 793. The van der Waals surface area contributed by atoms with E-state index in [2.05, 4.69) is 20.6 Å². The van der Waals surface area contributed by atoms with Gasteiger partial charge in [-0.05, 0) is 36.4 Å². The molecule has 0 saturated heterocycles. The summed E-state index contributed by atoms with van der Waals surface area (Å²) in [6.45, 7) is 0.351. The number of nitrogens with zero attached hydrogens (tertiary/aromatic N) is 2. The molecule has 116 valence electrons. The number of anilines is 3. The van der Waals surface area contributed by atoms with E-state index >= 15 is 0 Å². The van der Waals surface area contributed by atoms with Crippen molar-refractivity contribution in [3.8, 4) is 0 Å². The van der Waals surface area contributed by atoms with Crippen LogP contribution >= 0.6 is 11.6 Å². The standard InChI is InChI=1S/C17H14ClFN4/c18-13-5-7-14(8-6-13)22-17-20-10-9-16(23-17)21-11-12-3-1-2-4-15(12)19/h1-10H,11H2,(H2,20,21,22,23). The third-order valence-corrected chi connectivity index (χ3v) is 3.43. The quantitative estimate of drug-likeness (QED) is 0.717. The molecule has 0 aliphatic carbocycles. The molecule has 1 heterocycles. The van der Waals surface area contributed by atoms with E-state index in [0.29, 0.717) is 28.9 Å². The van der Waals surface area contributed by atoms with Crippen LogP contribution < -0.4 is 10.6 Å². The van der Waals surface area contributed by atoms with Crippen LogP contribution in [0.3, 0.4) is 0 Å². The molecule has 23 heavy (non-hydrogen) atoms. The molecule has 3 aromatic rings. The Labute approximate surface area is 138 Å². The van der Waals surface area contributed by atoms with Crippen molar-refractivity contribution in [1.82, 2.24) is 9.97 Å². The zero-order valence-corrected chi connectivity index (χ0v) is 12.9. The maximum Gasteiger partial charge on any atom is 0.229 e. The van der Waals surface area contributed by atoms with E-state index < -0.39 is 0 Å². The summed E-state index contributed by atoms with van der Waals surface area (Å²) in [6, 6.07) is 15.6. The van der Waals surface area contributed by atoms with Crippen molar-refractivity contribution < 1.29 is 4.39 Å². The van der Waals surface area contributed by atoms with Crippen molar-refractivity contribution in [2.24, 2.45) is 0 Å². The van der Waals surface area contributed by atoms with Crippen LogP contribution in [0, 0.1) is 5.82 Å². The third kappa shape index (κ3) is 4.17. The molecule has 0 radical (unpaired) electrons. The van der Waals surface area contributed by atoms with Gasteiger partial charge in [-0.2, -0.15) is 4.98 Å². The first-order chi connectivity index (χ1) is 11.2. The summed E-state index contributed by atoms with van der Waals surface area (Å²) in [5.41, 5.74) is 1.42. The fraction of sp³-hybridized carbons (Fsp3) is 0.0588. The zero-order chi connectivity index (χ0) is 16.1. The average Bonchev–Trinajstić information content (AvgIpc) is 2.57. The molecule has 0 unspecified atom stereocenters. The van der Waals surface area contributed by atoms with E-state index in [1.165, 1.54) is 6.07 Å². The first-order valence-corrected chi connectivity index (χ1v) is 7.41. The number of nitrogens with one attached hydrogen (secondary N) is 2. The van der Waals surface area contributed by atoms with Crippen molar-refractivity contribution in [3.63, 3.8) is 0 Å². The lowest BCUT2D eigenvalue weighted by Crippen LogP contribution is -2.05. The van der Waals surface area contributed by atoms with Crippen LogP contribution in [0.15, 0.2) is 60.8 Å². The van der Waals surface area contributed by atoms with E-state index in [0.717, 1.165) is 5.69 Å². The number of benzene rings is 2. The molecule has 1 aromatic heterocycles. The van der Waals surface area contributed by atoms with Gasteiger partial charge in [-0.25, -0.2) is 9.37 Å². The molecule has 0 aliphatic heterocycles. The maximum atomic E-state index is 13.6. The van der Waals surface area contributed by atoms with Crippen LogP contribution in [0.5, 0.6) is 0 Å². The molecule has 3 rings (SSSR count). The largest absolute Gasteiger partial charge is 0.366 e. The monoisotopic (exact) mass is 328 g/mol. The van der Waals surface area contributed by atoms with Gasteiger partial charge in [-0.1, -0.05) is 29.8 Å². The first kappa shape index (κ1) is 15.2. The summed E-state index contributed by atoms with van der Waals surface area (Å²) in [7, 11) is 0. The van der Waals surface area contributed by atoms with Crippen molar-refractivity contribution in [1.29, 1.82) is 0 Å². The second-order valence-electron chi connectivity index (χ2n) is 4.84. The summed E-state index contributed by atoms with van der Waals surface area (Å²) in [6.07, 6.45) is 1.63. The topological polar surface area (TPSA) is 49.8 Å². The molecule has 0 amide bonds. The van der Waals surface area contributed by atoms with Crippen LogP contribution in [-0.4, -0.2) is 9.97 Å². The Kier molecular flexibility index (Phi) is 4.68. The van der Waals surface area contributed by atoms with Gasteiger partial charge in [-0.3, -0.25) is 0 Å². The van der Waals surface area contributed by atoms with Crippen LogP contribution in [0.4, 0.5) is 21.8 Å². The van der Waals surface area contributed by atoms with E-state index in [1.54, 1.807) is 42.6 Å². The van der Waals surface area contributed by atoms with E-state index in [-0.39, 0.29) is 5.82 Å². The average molecular weight is 329 g/mol. The van der Waals surface area contributed by atoms with Gasteiger partial charge in [0.15, 0.2) is 0 Å². The number of hydrogen-bond acceptors (Lipinski definition) is 4. The molecule has 0 bridgehead atoms. The molecule has 2 aromatic carbocycles. The Morgan fingerprint density at radius 3 is 2.57 bits per heavy atom. The smallest absolute Gasteiger partial charge is 0.229 e. The first-order valence-electron chi connectivity index (χ1n) is 7.03. The lowest BCUT2D eigenvalue weighted by atomic mass is 10.2. The lowest BCUT2D eigenvalue weighted by Gasteiger charge is -2.09. The highest BCUT2D eigenvalue weighted by atomic mass is 35.5. The molecule has 2 N–H and O–H groups in total. The SMILES string of the molecule is Fc1ccccc1CNc1ccnc(Nc2ccc(Cl)cc2)n1. The molecular weight excluding hydrogens is 315 g/mol. The van der Waals surface area contributed by atoms with Gasteiger partial charge >= 0.3 is 0 Å². The van der Waals surface area contributed by atoms with Gasteiger partial charge in [0.2, 0.25) is 5.95 Å². The minimum absolute atomic E-state index is 0.242. The van der Waals surface area contributed by atoms with E-state index in [9.17, 15) is 4.39 Å². The molecule has 6 heteroatoms.